The molecular weight excluding hydrogens is 220 g/mol. The Labute approximate surface area is 103 Å². The summed E-state index contributed by atoms with van der Waals surface area (Å²) in [5.41, 5.74) is -1.45. The van der Waals surface area contributed by atoms with Crippen LogP contribution in [0.5, 0.6) is 0 Å². The third-order valence-corrected chi connectivity index (χ3v) is 3.15. The van der Waals surface area contributed by atoms with Crippen molar-refractivity contribution in [1.29, 1.82) is 0 Å². The van der Waals surface area contributed by atoms with Gasteiger partial charge in [-0.2, -0.15) is 0 Å². The highest BCUT2D eigenvalue weighted by molar-refractivity contribution is 5.78. The summed E-state index contributed by atoms with van der Waals surface area (Å²) in [7, 11) is 1.28. The number of ether oxygens (including phenoxy) is 1. The van der Waals surface area contributed by atoms with Crippen LogP contribution in [0.2, 0.25) is 0 Å². The first-order chi connectivity index (χ1) is 7.95. The zero-order valence-electron chi connectivity index (χ0n) is 11.0. The van der Waals surface area contributed by atoms with Gasteiger partial charge in [0.1, 0.15) is 0 Å². The molecule has 1 rings (SSSR count). The van der Waals surface area contributed by atoms with Crippen LogP contribution in [0.1, 0.15) is 26.7 Å². The molecule has 1 aliphatic heterocycles. The number of carbonyl (C=O) groups is 1. The molecule has 0 aromatic carbocycles. The molecule has 0 aromatic rings. The lowest BCUT2D eigenvalue weighted by Gasteiger charge is -2.25. The average Bonchev–Trinajstić information content (AvgIpc) is 2.78. The Morgan fingerprint density at radius 3 is 2.65 bits per heavy atom. The van der Waals surface area contributed by atoms with E-state index in [1.54, 1.807) is 0 Å². The first-order valence-corrected chi connectivity index (χ1v) is 6.22. The van der Waals surface area contributed by atoms with E-state index in [-0.39, 0.29) is 12.6 Å². The fourth-order valence-corrected chi connectivity index (χ4v) is 2.08. The fraction of sp³-hybridized carbons (Fsp3) is 0.917. The van der Waals surface area contributed by atoms with Crippen molar-refractivity contribution in [2.75, 3.05) is 33.3 Å². The molecule has 0 saturated carbocycles. The minimum absolute atomic E-state index is 0.217. The Balaban J connectivity index is 2.26. The minimum atomic E-state index is -1.45. The minimum Gasteiger partial charge on any atom is -0.467 e. The standard InChI is InChI=1S/C12H24N2O3/c1-10(8-14-6-4-5-7-14)13-9-12(2,16)11(15)17-3/h10,13,16H,4-9H2,1-3H3. The molecule has 2 atom stereocenters. The van der Waals surface area contributed by atoms with Gasteiger partial charge >= 0.3 is 5.97 Å². The summed E-state index contributed by atoms with van der Waals surface area (Å²) < 4.78 is 4.54. The summed E-state index contributed by atoms with van der Waals surface area (Å²) >= 11 is 0. The van der Waals surface area contributed by atoms with Crippen molar-refractivity contribution >= 4 is 5.97 Å². The summed E-state index contributed by atoms with van der Waals surface area (Å²) in [6.45, 7) is 7.00. The van der Waals surface area contributed by atoms with Gasteiger partial charge in [0.15, 0.2) is 5.60 Å². The second kappa shape index (κ2) is 6.33. The van der Waals surface area contributed by atoms with Crippen molar-refractivity contribution in [2.45, 2.75) is 38.3 Å². The highest BCUT2D eigenvalue weighted by atomic mass is 16.5. The maximum absolute atomic E-state index is 11.3. The van der Waals surface area contributed by atoms with Crippen molar-refractivity contribution in [2.24, 2.45) is 0 Å². The van der Waals surface area contributed by atoms with Gasteiger partial charge < -0.3 is 20.1 Å². The Kier molecular flexibility index (Phi) is 5.36. The first-order valence-electron chi connectivity index (χ1n) is 6.22. The number of hydrogen-bond donors (Lipinski definition) is 2. The quantitative estimate of drug-likeness (QED) is 0.643. The maximum Gasteiger partial charge on any atom is 0.338 e. The molecule has 2 N–H and O–H groups in total. The van der Waals surface area contributed by atoms with E-state index in [0.29, 0.717) is 0 Å². The number of aliphatic hydroxyl groups is 1. The van der Waals surface area contributed by atoms with Gasteiger partial charge in [-0.25, -0.2) is 4.79 Å². The normalized spacial score (nSPS) is 22.1. The van der Waals surface area contributed by atoms with Crippen molar-refractivity contribution in [1.82, 2.24) is 10.2 Å². The number of methoxy groups -OCH3 is 1. The molecule has 0 aromatic heterocycles. The molecule has 0 radical (unpaired) electrons. The first kappa shape index (κ1) is 14.4. The van der Waals surface area contributed by atoms with E-state index in [0.717, 1.165) is 19.6 Å². The van der Waals surface area contributed by atoms with Crippen LogP contribution in [0.4, 0.5) is 0 Å². The lowest BCUT2D eigenvalue weighted by atomic mass is 10.1. The zero-order chi connectivity index (χ0) is 12.9. The summed E-state index contributed by atoms with van der Waals surface area (Å²) in [6.07, 6.45) is 2.54. The molecule has 5 heteroatoms. The van der Waals surface area contributed by atoms with Crippen molar-refractivity contribution < 1.29 is 14.6 Å². The third-order valence-electron chi connectivity index (χ3n) is 3.15. The maximum atomic E-state index is 11.3. The van der Waals surface area contributed by atoms with Crippen LogP contribution in [-0.2, 0) is 9.53 Å². The molecule has 0 spiro atoms. The molecule has 1 heterocycles. The van der Waals surface area contributed by atoms with Gasteiger partial charge in [0, 0.05) is 19.1 Å². The Bertz CT molecular complexity index is 250. The van der Waals surface area contributed by atoms with Crippen LogP contribution in [0.15, 0.2) is 0 Å². The van der Waals surface area contributed by atoms with Crippen LogP contribution in [0.3, 0.4) is 0 Å². The molecule has 17 heavy (non-hydrogen) atoms. The Morgan fingerprint density at radius 1 is 1.53 bits per heavy atom. The number of esters is 1. The van der Waals surface area contributed by atoms with Crippen LogP contribution in [-0.4, -0.2) is 60.9 Å². The molecule has 5 nitrogen and oxygen atoms in total. The van der Waals surface area contributed by atoms with Crippen LogP contribution < -0.4 is 5.32 Å². The molecule has 2 unspecified atom stereocenters. The van der Waals surface area contributed by atoms with Gasteiger partial charge in [0.25, 0.3) is 0 Å². The lowest BCUT2D eigenvalue weighted by molar-refractivity contribution is -0.160. The molecule has 0 amide bonds. The average molecular weight is 244 g/mol. The van der Waals surface area contributed by atoms with E-state index in [1.807, 2.05) is 0 Å². The molecule has 1 fully saturated rings. The molecule has 1 saturated heterocycles. The second-order valence-corrected chi connectivity index (χ2v) is 5.06. The van der Waals surface area contributed by atoms with E-state index in [9.17, 15) is 9.90 Å². The van der Waals surface area contributed by atoms with Gasteiger partial charge in [-0.1, -0.05) is 0 Å². The predicted molar refractivity (Wildman–Crippen MR) is 65.8 cm³/mol. The largest absolute Gasteiger partial charge is 0.467 e. The van der Waals surface area contributed by atoms with Gasteiger partial charge in [-0.15, -0.1) is 0 Å². The zero-order valence-corrected chi connectivity index (χ0v) is 11.0. The van der Waals surface area contributed by atoms with Crippen LogP contribution >= 0.6 is 0 Å². The van der Waals surface area contributed by atoms with E-state index in [4.69, 9.17) is 0 Å². The van der Waals surface area contributed by atoms with E-state index in [1.165, 1.54) is 26.9 Å². The number of hydrogen-bond acceptors (Lipinski definition) is 5. The summed E-state index contributed by atoms with van der Waals surface area (Å²) in [5.74, 6) is -0.599. The van der Waals surface area contributed by atoms with Gasteiger partial charge in [0.2, 0.25) is 0 Å². The summed E-state index contributed by atoms with van der Waals surface area (Å²) in [6, 6.07) is 0.254. The fourth-order valence-electron chi connectivity index (χ4n) is 2.08. The smallest absolute Gasteiger partial charge is 0.338 e. The van der Waals surface area contributed by atoms with Crippen molar-refractivity contribution in [3.05, 3.63) is 0 Å². The topological polar surface area (TPSA) is 61.8 Å². The van der Waals surface area contributed by atoms with E-state index in [2.05, 4.69) is 21.9 Å². The Hall–Kier alpha value is -0.650. The number of likely N-dealkylation sites (tertiary alicyclic amines) is 1. The molecule has 100 valence electrons. The molecular formula is C12H24N2O3. The SMILES string of the molecule is COC(=O)C(C)(O)CNC(C)CN1CCCC1. The van der Waals surface area contributed by atoms with Crippen LogP contribution in [0, 0.1) is 0 Å². The predicted octanol–water partition coefficient (Wildman–Crippen LogP) is -0.0157. The monoisotopic (exact) mass is 244 g/mol. The van der Waals surface area contributed by atoms with E-state index >= 15 is 0 Å². The lowest BCUT2D eigenvalue weighted by Crippen LogP contribution is -2.49. The molecule has 0 aliphatic carbocycles. The van der Waals surface area contributed by atoms with Crippen LogP contribution in [0.25, 0.3) is 0 Å². The third kappa shape index (κ3) is 4.61. The van der Waals surface area contributed by atoms with Crippen molar-refractivity contribution in [3.8, 4) is 0 Å². The molecule has 1 aliphatic rings. The molecule has 0 bridgehead atoms. The number of rotatable bonds is 6. The van der Waals surface area contributed by atoms with Gasteiger partial charge in [-0.05, 0) is 39.8 Å². The number of nitrogens with zero attached hydrogens (tertiary/aromatic N) is 1. The summed E-state index contributed by atoms with van der Waals surface area (Å²) in [5, 5.41) is 13.0. The second-order valence-electron chi connectivity index (χ2n) is 5.06. The summed E-state index contributed by atoms with van der Waals surface area (Å²) in [4.78, 5) is 13.7. The van der Waals surface area contributed by atoms with E-state index < -0.39 is 11.6 Å². The Morgan fingerprint density at radius 2 is 2.12 bits per heavy atom. The van der Waals surface area contributed by atoms with Gasteiger partial charge in [-0.3, -0.25) is 0 Å². The van der Waals surface area contributed by atoms with Crippen molar-refractivity contribution in [3.63, 3.8) is 0 Å². The number of nitrogens with one attached hydrogen (secondary N) is 1. The highest BCUT2D eigenvalue weighted by Gasteiger charge is 2.31. The number of carbonyl (C=O) groups excluding carboxylic acids is 1. The highest BCUT2D eigenvalue weighted by Crippen LogP contribution is 2.08. The van der Waals surface area contributed by atoms with Gasteiger partial charge in [0.05, 0.1) is 7.11 Å².